The Morgan fingerprint density at radius 1 is 1.39 bits per heavy atom. The number of rotatable bonds is 3. The van der Waals surface area contributed by atoms with E-state index in [2.05, 4.69) is 17.6 Å². The minimum absolute atomic E-state index is 0.490. The molecule has 0 unspecified atom stereocenters. The first kappa shape index (κ1) is 13.2. The van der Waals surface area contributed by atoms with Crippen LogP contribution in [0.15, 0.2) is 24.4 Å². The molecular formula is C12H15N3OS2. The van der Waals surface area contributed by atoms with Crippen LogP contribution in [0.1, 0.15) is 0 Å². The third-order valence-corrected chi connectivity index (χ3v) is 3.04. The molecule has 0 amide bonds. The monoisotopic (exact) mass is 281 g/mol. The second-order valence-corrected chi connectivity index (χ2v) is 5.14. The number of aromatic amines is 1. The van der Waals surface area contributed by atoms with E-state index in [0.717, 1.165) is 22.3 Å². The quantitative estimate of drug-likeness (QED) is 0.514. The van der Waals surface area contributed by atoms with Gasteiger partial charge in [-0.3, -0.25) is 5.01 Å². The summed E-state index contributed by atoms with van der Waals surface area (Å²) in [7, 11) is 5.49. The average molecular weight is 281 g/mol. The summed E-state index contributed by atoms with van der Waals surface area (Å²) < 4.78 is 5.74. The molecule has 0 bridgehead atoms. The van der Waals surface area contributed by atoms with Gasteiger partial charge in [-0.1, -0.05) is 12.2 Å². The third-order valence-electron chi connectivity index (χ3n) is 2.68. The van der Waals surface area contributed by atoms with Gasteiger partial charge >= 0.3 is 0 Å². The molecule has 2 rings (SSSR count). The highest BCUT2D eigenvalue weighted by molar-refractivity contribution is 8.11. The SMILES string of the molecule is COc1ccc2[nH]cc(N(C(=S)S)N(C)C)c2c1. The van der Waals surface area contributed by atoms with Gasteiger partial charge in [0.05, 0.1) is 12.8 Å². The van der Waals surface area contributed by atoms with Crippen LogP contribution in [0.5, 0.6) is 5.75 Å². The number of thiol groups is 1. The number of thiocarbonyl (C=S) groups is 1. The number of H-pyrrole nitrogens is 1. The van der Waals surface area contributed by atoms with Crippen LogP contribution in [-0.2, 0) is 0 Å². The predicted octanol–water partition coefficient (Wildman–Crippen LogP) is 2.67. The molecule has 1 aromatic carbocycles. The molecule has 0 atom stereocenters. The van der Waals surface area contributed by atoms with E-state index in [-0.39, 0.29) is 0 Å². The Labute approximate surface area is 117 Å². The molecular weight excluding hydrogens is 266 g/mol. The first-order chi connectivity index (χ1) is 8.54. The molecule has 0 radical (unpaired) electrons. The maximum atomic E-state index is 5.25. The number of benzene rings is 1. The molecule has 0 saturated heterocycles. The smallest absolute Gasteiger partial charge is 0.152 e. The fourth-order valence-electron chi connectivity index (χ4n) is 1.88. The van der Waals surface area contributed by atoms with Crippen LogP contribution in [0.25, 0.3) is 10.9 Å². The van der Waals surface area contributed by atoms with Gasteiger partial charge in [0.2, 0.25) is 0 Å². The summed E-state index contributed by atoms with van der Waals surface area (Å²) in [5.74, 6) is 0.812. The summed E-state index contributed by atoms with van der Waals surface area (Å²) >= 11 is 9.43. The van der Waals surface area contributed by atoms with E-state index >= 15 is 0 Å². The Hall–Kier alpha value is -1.24. The molecule has 0 aliphatic carbocycles. The van der Waals surface area contributed by atoms with Crippen molar-refractivity contribution in [3.8, 4) is 5.75 Å². The van der Waals surface area contributed by atoms with Gasteiger partial charge in [0, 0.05) is 31.2 Å². The maximum Gasteiger partial charge on any atom is 0.152 e. The largest absolute Gasteiger partial charge is 0.497 e. The highest BCUT2D eigenvalue weighted by Crippen LogP contribution is 2.31. The number of hydrogen-bond donors (Lipinski definition) is 2. The van der Waals surface area contributed by atoms with Gasteiger partial charge in [-0.15, -0.1) is 12.6 Å². The third kappa shape index (κ3) is 2.31. The van der Waals surface area contributed by atoms with Gasteiger partial charge in [0.25, 0.3) is 0 Å². The van der Waals surface area contributed by atoms with Gasteiger partial charge in [0.1, 0.15) is 5.75 Å². The number of methoxy groups -OCH3 is 1. The Balaban J connectivity index is 2.59. The first-order valence-corrected chi connectivity index (χ1v) is 6.25. The van der Waals surface area contributed by atoms with Crippen LogP contribution in [0.2, 0.25) is 0 Å². The molecule has 6 heteroatoms. The van der Waals surface area contributed by atoms with Crippen molar-refractivity contribution in [1.82, 2.24) is 9.99 Å². The molecule has 1 N–H and O–H groups in total. The zero-order chi connectivity index (χ0) is 13.3. The molecule has 1 aromatic heterocycles. The van der Waals surface area contributed by atoms with Gasteiger partial charge in [-0.25, -0.2) is 5.01 Å². The molecule has 18 heavy (non-hydrogen) atoms. The fraction of sp³-hybridized carbons (Fsp3) is 0.250. The highest BCUT2D eigenvalue weighted by Gasteiger charge is 2.16. The number of hydrogen-bond acceptors (Lipinski definition) is 3. The van der Waals surface area contributed by atoms with E-state index in [1.807, 2.05) is 48.5 Å². The number of ether oxygens (including phenoxy) is 1. The molecule has 2 aromatic rings. The number of nitrogens with zero attached hydrogens (tertiary/aromatic N) is 2. The van der Waals surface area contributed by atoms with Crippen molar-refractivity contribution in [1.29, 1.82) is 0 Å². The molecule has 0 spiro atoms. The van der Waals surface area contributed by atoms with Crippen molar-refractivity contribution >= 4 is 45.8 Å². The lowest BCUT2D eigenvalue weighted by atomic mass is 10.2. The van der Waals surface area contributed by atoms with E-state index in [1.165, 1.54) is 0 Å². The zero-order valence-electron chi connectivity index (χ0n) is 10.5. The second kappa shape index (κ2) is 5.17. The number of anilines is 1. The van der Waals surface area contributed by atoms with Crippen molar-refractivity contribution in [2.24, 2.45) is 0 Å². The lowest BCUT2D eigenvalue weighted by Crippen LogP contribution is -2.38. The van der Waals surface area contributed by atoms with E-state index in [1.54, 1.807) is 7.11 Å². The summed E-state index contributed by atoms with van der Waals surface area (Å²) in [5.41, 5.74) is 1.98. The predicted molar refractivity (Wildman–Crippen MR) is 82.6 cm³/mol. The lowest BCUT2D eigenvalue weighted by molar-refractivity contribution is 0.415. The Bertz CT molecular complexity index is 580. The van der Waals surface area contributed by atoms with Crippen LogP contribution in [0.3, 0.4) is 0 Å². The van der Waals surface area contributed by atoms with E-state index in [0.29, 0.717) is 4.32 Å². The average Bonchev–Trinajstić information content (AvgIpc) is 2.71. The van der Waals surface area contributed by atoms with E-state index < -0.39 is 0 Å². The summed E-state index contributed by atoms with van der Waals surface area (Å²) in [6.07, 6.45) is 1.91. The lowest BCUT2D eigenvalue weighted by Gasteiger charge is -2.28. The number of nitrogens with one attached hydrogen (secondary N) is 1. The van der Waals surface area contributed by atoms with Crippen LogP contribution < -0.4 is 9.75 Å². The van der Waals surface area contributed by atoms with Crippen LogP contribution in [-0.4, -0.2) is 35.5 Å². The van der Waals surface area contributed by atoms with Gasteiger partial charge < -0.3 is 9.72 Å². The summed E-state index contributed by atoms with van der Waals surface area (Å²) in [5, 5.41) is 4.77. The normalized spacial score (nSPS) is 10.9. The second-order valence-electron chi connectivity index (χ2n) is 4.03. The molecule has 0 aliphatic heterocycles. The molecule has 96 valence electrons. The fourth-order valence-corrected chi connectivity index (χ4v) is 2.43. The minimum Gasteiger partial charge on any atom is -0.497 e. The van der Waals surface area contributed by atoms with Crippen LogP contribution in [0.4, 0.5) is 5.69 Å². The van der Waals surface area contributed by atoms with Crippen LogP contribution in [0, 0.1) is 0 Å². The zero-order valence-corrected chi connectivity index (χ0v) is 12.2. The molecule has 1 heterocycles. The molecule has 0 fully saturated rings. The Morgan fingerprint density at radius 2 is 2.11 bits per heavy atom. The minimum atomic E-state index is 0.490. The van der Waals surface area contributed by atoms with Gasteiger partial charge in [-0.05, 0) is 18.2 Å². The van der Waals surface area contributed by atoms with Gasteiger partial charge in [0.15, 0.2) is 4.32 Å². The topological polar surface area (TPSA) is 31.5 Å². The summed E-state index contributed by atoms with van der Waals surface area (Å²) in [6, 6.07) is 5.87. The van der Waals surface area contributed by atoms with Crippen molar-refractivity contribution < 1.29 is 4.74 Å². The Morgan fingerprint density at radius 3 is 2.67 bits per heavy atom. The van der Waals surface area contributed by atoms with E-state index in [9.17, 15) is 0 Å². The Kier molecular flexibility index (Phi) is 3.79. The maximum absolute atomic E-state index is 5.25. The van der Waals surface area contributed by atoms with E-state index in [4.69, 9.17) is 17.0 Å². The molecule has 0 saturated carbocycles. The van der Waals surface area contributed by atoms with Crippen molar-refractivity contribution in [3.63, 3.8) is 0 Å². The standard InChI is InChI=1S/C12H15N3OS2/c1-14(2)15(12(17)18)11-7-13-10-5-4-8(16-3)6-9(10)11/h4-7,13H,1-3H3,(H,17,18). The van der Waals surface area contributed by atoms with Crippen molar-refractivity contribution in [2.75, 3.05) is 26.2 Å². The van der Waals surface area contributed by atoms with Crippen LogP contribution >= 0.6 is 24.8 Å². The van der Waals surface area contributed by atoms with Gasteiger partial charge in [-0.2, -0.15) is 0 Å². The summed E-state index contributed by atoms with van der Waals surface area (Å²) in [4.78, 5) is 3.21. The van der Waals surface area contributed by atoms with Crippen molar-refractivity contribution in [3.05, 3.63) is 24.4 Å². The summed E-state index contributed by atoms with van der Waals surface area (Å²) in [6.45, 7) is 0. The molecule has 4 nitrogen and oxygen atoms in total. The number of hydrazine groups is 1. The highest BCUT2D eigenvalue weighted by atomic mass is 32.1. The molecule has 0 aliphatic rings. The number of aromatic nitrogens is 1. The van der Waals surface area contributed by atoms with Crippen molar-refractivity contribution in [2.45, 2.75) is 0 Å². The first-order valence-electron chi connectivity index (χ1n) is 5.40. The number of fused-ring (bicyclic) bond motifs is 1.